The molecule has 25 heavy (non-hydrogen) atoms. The van der Waals surface area contributed by atoms with E-state index in [0.717, 1.165) is 12.1 Å². The van der Waals surface area contributed by atoms with Gasteiger partial charge in [-0.3, -0.25) is 15.1 Å². The number of hydrogen-bond donors (Lipinski definition) is 2. The summed E-state index contributed by atoms with van der Waals surface area (Å²) in [6.45, 7) is 3.49. The highest BCUT2D eigenvalue weighted by atomic mass is 32.2. The summed E-state index contributed by atoms with van der Waals surface area (Å²) in [6, 6.07) is 16.8. The number of rotatable bonds is 7. The molecule has 2 rings (SSSR count). The molecule has 2 aromatic rings. The molecule has 1 atom stereocenters. The Hall–Kier alpha value is -2.54. The van der Waals surface area contributed by atoms with E-state index in [1.165, 1.54) is 17.0 Å². The molecule has 0 aliphatic rings. The maximum absolute atomic E-state index is 10.7. The van der Waals surface area contributed by atoms with Gasteiger partial charge in [0.25, 0.3) is 5.69 Å². The fourth-order valence-corrected chi connectivity index (χ4v) is 3.10. The molecular formula is C18H22N4O2S. The van der Waals surface area contributed by atoms with E-state index in [-0.39, 0.29) is 5.69 Å². The van der Waals surface area contributed by atoms with Crippen molar-refractivity contribution in [1.29, 1.82) is 0 Å². The maximum Gasteiger partial charge on any atom is 0.269 e. The molecule has 6 nitrogen and oxygen atoms in total. The first kappa shape index (κ1) is 18.8. The third-order valence-electron chi connectivity index (χ3n) is 3.47. The van der Waals surface area contributed by atoms with Gasteiger partial charge in [0.2, 0.25) is 0 Å². The van der Waals surface area contributed by atoms with Gasteiger partial charge in [0.05, 0.1) is 4.92 Å². The van der Waals surface area contributed by atoms with Gasteiger partial charge in [0, 0.05) is 42.4 Å². The van der Waals surface area contributed by atoms with Gasteiger partial charge in [-0.15, -0.1) is 11.8 Å². The molecule has 0 fully saturated rings. The normalized spacial score (nSPS) is 12.5. The highest BCUT2D eigenvalue weighted by Gasteiger charge is 2.07. The Morgan fingerprint density at radius 2 is 1.84 bits per heavy atom. The molecule has 0 aliphatic carbocycles. The van der Waals surface area contributed by atoms with Crippen molar-refractivity contribution >= 4 is 23.4 Å². The largest absolute Gasteiger partial charge is 0.355 e. The van der Waals surface area contributed by atoms with Crippen LogP contribution in [0.2, 0.25) is 0 Å². The lowest BCUT2D eigenvalue weighted by Gasteiger charge is -2.16. The van der Waals surface area contributed by atoms with Crippen LogP contribution in [0.4, 0.5) is 5.69 Å². The molecule has 0 spiro atoms. The minimum Gasteiger partial charge on any atom is -0.355 e. The minimum absolute atomic E-state index is 0.0954. The van der Waals surface area contributed by atoms with Crippen LogP contribution in [-0.2, 0) is 6.54 Å². The van der Waals surface area contributed by atoms with Crippen LogP contribution >= 0.6 is 11.8 Å². The van der Waals surface area contributed by atoms with Crippen molar-refractivity contribution < 1.29 is 4.92 Å². The van der Waals surface area contributed by atoms with Gasteiger partial charge >= 0.3 is 0 Å². The first-order valence-corrected chi connectivity index (χ1v) is 8.86. The van der Waals surface area contributed by atoms with Gasteiger partial charge in [-0.1, -0.05) is 37.3 Å². The molecule has 0 saturated heterocycles. The molecule has 1 unspecified atom stereocenters. The molecule has 0 heterocycles. The zero-order valence-corrected chi connectivity index (χ0v) is 15.1. The topological polar surface area (TPSA) is 79.6 Å². The summed E-state index contributed by atoms with van der Waals surface area (Å²) in [5, 5.41) is 17.6. The summed E-state index contributed by atoms with van der Waals surface area (Å²) in [5.41, 5.74) is 1.05. The van der Waals surface area contributed by atoms with Crippen LogP contribution in [0.1, 0.15) is 12.5 Å². The fraction of sp³-hybridized carbons (Fsp3) is 0.278. The summed E-state index contributed by atoms with van der Waals surface area (Å²) in [6.07, 6.45) is 0. The Labute approximate surface area is 151 Å². The van der Waals surface area contributed by atoms with Crippen molar-refractivity contribution in [2.75, 3.05) is 13.6 Å². The summed E-state index contributed by atoms with van der Waals surface area (Å²) in [4.78, 5) is 15.7. The number of nitrogens with one attached hydrogen (secondary N) is 2. The predicted molar refractivity (Wildman–Crippen MR) is 103 cm³/mol. The van der Waals surface area contributed by atoms with Crippen molar-refractivity contribution in [3.63, 3.8) is 0 Å². The second-order valence-electron chi connectivity index (χ2n) is 5.47. The van der Waals surface area contributed by atoms with E-state index < -0.39 is 4.92 Å². The number of hydrogen-bond acceptors (Lipinski definition) is 4. The summed E-state index contributed by atoms with van der Waals surface area (Å²) < 4.78 is 0. The van der Waals surface area contributed by atoms with E-state index >= 15 is 0 Å². The summed E-state index contributed by atoms with van der Waals surface area (Å²) >= 11 is 1.81. The van der Waals surface area contributed by atoms with E-state index in [1.54, 1.807) is 30.9 Å². The molecule has 7 heteroatoms. The van der Waals surface area contributed by atoms with Crippen LogP contribution in [0.3, 0.4) is 0 Å². The summed E-state index contributed by atoms with van der Waals surface area (Å²) in [7, 11) is 1.72. The Bertz CT molecular complexity index is 705. The van der Waals surface area contributed by atoms with Gasteiger partial charge in [0.15, 0.2) is 5.96 Å². The zero-order chi connectivity index (χ0) is 18.1. The molecule has 0 saturated carbocycles. The van der Waals surface area contributed by atoms with Gasteiger partial charge in [-0.2, -0.15) is 0 Å². The fourth-order valence-electron chi connectivity index (χ4n) is 2.16. The smallest absolute Gasteiger partial charge is 0.269 e. The number of aliphatic imine (C=N–C) groups is 1. The second-order valence-corrected chi connectivity index (χ2v) is 6.98. The van der Waals surface area contributed by atoms with E-state index in [4.69, 9.17) is 0 Å². The maximum atomic E-state index is 10.7. The van der Waals surface area contributed by atoms with Crippen LogP contribution in [-0.4, -0.2) is 29.7 Å². The molecule has 0 amide bonds. The lowest BCUT2D eigenvalue weighted by Crippen LogP contribution is -2.39. The summed E-state index contributed by atoms with van der Waals surface area (Å²) in [5.74, 6) is 0.707. The average molecular weight is 358 g/mol. The lowest BCUT2D eigenvalue weighted by atomic mass is 10.2. The predicted octanol–water partition coefficient (Wildman–Crippen LogP) is 3.44. The zero-order valence-electron chi connectivity index (χ0n) is 14.3. The van der Waals surface area contributed by atoms with Gasteiger partial charge in [0.1, 0.15) is 0 Å². The Kier molecular flexibility index (Phi) is 7.28. The minimum atomic E-state index is -0.399. The average Bonchev–Trinajstić information content (AvgIpc) is 2.63. The Balaban J connectivity index is 1.77. The highest BCUT2D eigenvalue weighted by molar-refractivity contribution is 8.00. The van der Waals surface area contributed by atoms with Crippen molar-refractivity contribution in [3.05, 3.63) is 70.3 Å². The van der Waals surface area contributed by atoms with Crippen LogP contribution in [0.5, 0.6) is 0 Å². The third kappa shape index (κ3) is 6.46. The molecule has 0 radical (unpaired) electrons. The van der Waals surface area contributed by atoms with Crippen LogP contribution in [0.15, 0.2) is 64.5 Å². The lowest BCUT2D eigenvalue weighted by molar-refractivity contribution is -0.384. The first-order valence-electron chi connectivity index (χ1n) is 7.98. The standard InChI is InChI=1S/C18H22N4O2S/c1-14(25-17-6-4-3-5-7-17)12-20-18(19-2)21-13-15-8-10-16(11-9-15)22(23)24/h3-11,14H,12-13H2,1-2H3,(H2,19,20,21). The molecule has 0 bridgehead atoms. The molecular weight excluding hydrogens is 336 g/mol. The van der Waals surface area contributed by atoms with E-state index in [0.29, 0.717) is 17.8 Å². The molecule has 132 valence electrons. The van der Waals surface area contributed by atoms with Crippen LogP contribution in [0, 0.1) is 10.1 Å². The highest BCUT2D eigenvalue weighted by Crippen LogP contribution is 2.21. The number of benzene rings is 2. The number of nitrogens with zero attached hydrogens (tertiary/aromatic N) is 2. The first-order chi connectivity index (χ1) is 12.1. The SMILES string of the molecule is CN=C(NCc1ccc([N+](=O)[O-])cc1)NCC(C)Sc1ccccc1. The molecule has 2 aromatic carbocycles. The Morgan fingerprint density at radius 1 is 1.16 bits per heavy atom. The van der Waals surface area contributed by atoms with Gasteiger partial charge in [-0.25, -0.2) is 0 Å². The number of nitro groups is 1. The number of nitro benzene ring substituents is 1. The monoisotopic (exact) mass is 358 g/mol. The molecule has 0 aliphatic heterocycles. The van der Waals surface area contributed by atoms with E-state index in [2.05, 4.69) is 34.7 Å². The van der Waals surface area contributed by atoms with Crippen LogP contribution in [0.25, 0.3) is 0 Å². The molecule has 0 aromatic heterocycles. The van der Waals surface area contributed by atoms with E-state index in [9.17, 15) is 10.1 Å². The number of non-ortho nitro benzene ring substituents is 1. The third-order valence-corrected chi connectivity index (χ3v) is 4.58. The van der Waals surface area contributed by atoms with E-state index in [1.807, 2.05) is 18.2 Å². The number of guanidine groups is 1. The van der Waals surface area contributed by atoms with Gasteiger partial charge < -0.3 is 10.6 Å². The van der Waals surface area contributed by atoms with Crippen molar-refractivity contribution in [2.45, 2.75) is 23.6 Å². The Morgan fingerprint density at radius 3 is 2.44 bits per heavy atom. The quantitative estimate of drug-likeness (QED) is 0.261. The number of thioether (sulfide) groups is 1. The second kappa shape index (κ2) is 9.68. The van der Waals surface area contributed by atoms with Gasteiger partial charge in [-0.05, 0) is 17.7 Å². The van der Waals surface area contributed by atoms with Crippen molar-refractivity contribution in [3.8, 4) is 0 Å². The van der Waals surface area contributed by atoms with Crippen molar-refractivity contribution in [1.82, 2.24) is 10.6 Å². The van der Waals surface area contributed by atoms with Crippen molar-refractivity contribution in [2.24, 2.45) is 4.99 Å². The molecule has 2 N–H and O–H groups in total. The van der Waals surface area contributed by atoms with Crippen LogP contribution < -0.4 is 10.6 Å².